The minimum atomic E-state index is -2.31. The lowest BCUT2D eigenvalue weighted by Gasteiger charge is -2.72. The minimum absolute atomic E-state index is 0.0693. The first kappa shape index (κ1) is 71.5. The first-order valence-corrected chi connectivity index (χ1v) is 32.7. The number of aliphatic hydroxyl groups excluding tert-OH is 14. The first-order valence-electron chi connectivity index (χ1n) is 32.7. The second kappa shape index (κ2) is 26.0. The van der Waals surface area contributed by atoms with E-state index in [-0.39, 0.29) is 30.6 Å². The average Bonchev–Trinajstić information content (AvgIpc) is 0.671. The largest absolute Gasteiger partial charge is 0.457 e. The maximum Gasteiger partial charge on any atom is 0.317 e. The van der Waals surface area contributed by atoms with Gasteiger partial charge in [0.05, 0.1) is 75.9 Å². The quantitative estimate of drug-likeness (QED) is 0.0557. The molecule has 17 rings (SSSR count). The molecule has 12 aliphatic heterocycles. The molecule has 0 amide bonds. The number of carbonyl (C=O) groups excluding carboxylic acids is 3. The fraction of sp³-hybridized carbons (Fsp3) is 0.921. The van der Waals surface area contributed by atoms with Crippen molar-refractivity contribution >= 4 is 17.9 Å². The standard InChI is InChI=1S/C63H98O30/c1-25-46-47(89-51-43(77)38(72)29(67)21-82-51)45(79)53(85-25)91-48-39(73)30(68)22-83-54(48)93-56(80)63-14-13-57(2,3)15-27(63)26-9-10-34-59(5)16-28(66)50(60(6,24-65)33(59)11-12-61(34,7)62(26,8)17-35(63)69)92-55-49(42(76)40(74)31(20-64)87-55)90-52-44(78)41(75)32(23-84-52)86-36(70)18-58(4,81)19-37(71)88-46/h9,25,27-35,38-55,64-69,72-79,81H,10-24H2,1-8H3/t25-,27-,28-,29+,30-,31+,32-,33+,34+,35-,38-,39-,40+,41-,42-,43+,44+,45+,46-,47-,48+,49+,50-,51-,52-,53-,54-,55-,58-,59-,60-,61+,62+,63+/m0/s1. The highest BCUT2D eigenvalue weighted by atomic mass is 16.8. The van der Waals surface area contributed by atoms with Crippen LogP contribution in [0.2, 0.25) is 0 Å². The Morgan fingerprint density at radius 3 is 1.90 bits per heavy atom. The van der Waals surface area contributed by atoms with E-state index in [0.717, 1.165) is 12.5 Å². The monoisotopic (exact) mass is 1330 g/mol. The van der Waals surface area contributed by atoms with Gasteiger partial charge in [-0.2, -0.15) is 0 Å². The maximum atomic E-state index is 15.7. The smallest absolute Gasteiger partial charge is 0.317 e. The van der Waals surface area contributed by atoms with Gasteiger partial charge < -0.3 is 133 Å². The zero-order valence-corrected chi connectivity index (χ0v) is 53.7. The molecule has 15 N–H and O–H groups in total. The molecule has 1 spiro atoms. The minimum Gasteiger partial charge on any atom is -0.457 e. The van der Waals surface area contributed by atoms with Gasteiger partial charge in [0.1, 0.15) is 84.8 Å². The van der Waals surface area contributed by atoms with Crippen LogP contribution in [-0.2, 0) is 71.2 Å². The van der Waals surface area contributed by atoms with E-state index >= 15 is 4.79 Å². The van der Waals surface area contributed by atoms with Crippen LogP contribution in [-0.4, -0.2) is 287 Å². The molecule has 4 saturated carbocycles. The third kappa shape index (κ3) is 12.3. The summed E-state index contributed by atoms with van der Waals surface area (Å²) in [5.41, 5.74) is -6.89. The number of hydrogen-bond donors (Lipinski definition) is 15. The highest BCUT2D eigenvalue weighted by molar-refractivity contribution is 5.80. The molecule has 12 fully saturated rings. The van der Waals surface area contributed by atoms with Crippen molar-refractivity contribution in [3.05, 3.63) is 11.6 Å². The number of hydrogen-bond acceptors (Lipinski definition) is 30. The van der Waals surface area contributed by atoms with Crippen molar-refractivity contribution in [1.29, 1.82) is 0 Å². The zero-order chi connectivity index (χ0) is 67.8. The Hall–Kier alpha value is -2.81. The van der Waals surface area contributed by atoms with E-state index in [1.807, 2.05) is 0 Å². The average molecular weight is 1340 g/mol. The molecule has 5 aliphatic carbocycles. The fourth-order valence-corrected chi connectivity index (χ4v) is 18.6. The van der Waals surface area contributed by atoms with Gasteiger partial charge in [-0.05, 0) is 105 Å². The first-order chi connectivity index (χ1) is 43.5. The third-order valence-corrected chi connectivity index (χ3v) is 24.0. The number of aliphatic hydroxyl groups is 15. The summed E-state index contributed by atoms with van der Waals surface area (Å²) in [7, 11) is 0. The van der Waals surface area contributed by atoms with Gasteiger partial charge in [0.25, 0.3) is 0 Å². The predicted octanol–water partition coefficient (Wildman–Crippen LogP) is -3.71. The summed E-state index contributed by atoms with van der Waals surface area (Å²) in [5, 5.41) is 172. The molecule has 8 saturated heterocycles. The van der Waals surface area contributed by atoms with Crippen molar-refractivity contribution in [3.8, 4) is 0 Å². The zero-order valence-electron chi connectivity index (χ0n) is 53.7. The lowest BCUT2D eigenvalue weighted by Crippen LogP contribution is -2.71. The molecule has 93 heavy (non-hydrogen) atoms. The van der Waals surface area contributed by atoms with Crippen LogP contribution in [0.25, 0.3) is 0 Å². The van der Waals surface area contributed by atoms with Crippen LogP contribution in [0.4, 0.5) is 0 Å². The molecule has 0 unspecified atom stereocenters. The van der Waals surface area contributed by atoms with Gasteiger partial charge in [-0.15, -0.1) is 0 Å². The van der Waals surface area contributed by atoms with Crippen LogP contribution in [0.1, 0.15) is 120 Å². The van der Waals surface area contributed by atoms with E-state index in [1.165, 1.54) is 6.92 Å². The second-order valence-corrected chi connectivity index (χ2v) is 30.6. The summed E-state index contributed by atoms with van der Waals surface area (Å²) in [6.07, 6.45) is -41.1. The SMILES string of the molecule is C[C@@H]1O[C@H]2O[C@H]3[C@@H](OC[C@H](O)[C@@H]3O)OC(=O)[C@]34CCC(C)(C)C[C@H]3C3=CC[C@@H]5[C@@]6(C)C[C@H](O)[C@H](O[C@@H]7O[C@H](CO)[C@@H](O)[C@H](O)[C@H]7O[C@@H]7OC[C@H](OC(=O)C[C@](C)(O)CC(=O)O[C@@H]1[C@@H](O[C@@H]1OC[C@@H](O)[C@H](O)[C@H]1O)[C@H]2O)[C@H](O)[C@H]7O)[C@@](C)(CO)[C@@H]6CC[C@@]5(C)[C@]3(C)C[C@@H]4O. The lowest BCUT2D eigenvalue weighted by atomic mass is 9.33. The molecule has 30 heteroatoms. The van der Waals surface area contributed by atoms with Gasteiger partial charge in [-0.3, -0.25) is 14.4 Å². The van der Waals surface area contributed by atoms with Gasteiger partial charge >= 0.3 is 17.9 Å². The molecule has 0 aromatic rings. The molecule has 34 atom stereocenters. The van der Waals surface area contributed by atoms with Crippen LogP contribution in [0, 0.1) is 50.2 Å². The van der Waals surface area contributed by atoms with Crippen molar-refractivity contribution in [1.82, 2.24) is 0 Å². The summed E-state index contributed by atoms with van der Waals surface area (Å²) < 4.78 is 72.0. The Labute approximate surface area is 537 Å². The number of ether oxygens (including phenoxy) is 12. The van der Waals surface area contributed by atoms with E-state index in [1.54, 1.807) is 6.92 Å². The van der Waals surface area contributed by atoms with E-state index in [0.29, 0.717) is 32.1 Å². The molecule has 0 radical (unpaired) electrons. The van der Waals surface area contributed by atoms with Gasteiger partial charge in [-0.25, -0.2) is 0 Å². The summed E-state index contributed by atoms with van der Waals surface area (Å²) in [4.78, 5) is 43.1. The van der Waals surface area contributed by atoms with Crippen LogP contribution in [0.3, 0.4) is 0 Å². The Kier molecular flexibility index (Phi) is 20.0. The molecule has 17 aliphatic rings. The highest BCUT2D eigenvalue weighted by Gasteiger charge is 2.73. The molecule has 12 bridgehead atoms. The van der Waals surface area contributed by atoms with Crippen LogP contribution in [0.15, 0.2) is 11.6 Å². The molecule has 0 aromatic heterocycles. The van der Waals surface area contributed by atoms with Crippen LogP contribution >= 0.6 is 0 Å². The van der Waals surface area contributed by atoms with Crippen molar-refractivity contribution in [3.63, 3.8) is 0 Å². The number of allylic oxidation sites excluding steroid dienone is 2. The summed E-state index contributed by atoms with van der Waals surface area (Å²) >= 11 is 0. The van der Waals surface area contributed by atoms with Crippen molar-refractivity contribution < 1.29 is 148 Å². The van der Waals surface area contributed by atoms with Gasteiger partial charge in [0.2, 0.25) is 6.29 Å². The van der Waals surface area contributed by atoms with Crippen LogP contribution in [0.5, 0.6) is 0 Å². The van der Waals surface area contributed by atoms with Crippen molar-refractivity contribution in [2.45, 2.75) is 279 Å². The Bertz CT molecular complexity index is 2740. The van der Waals surface area contributed by atoms with Gasteiger partial charge in [0.15, 0.2) is 43.5 Å². The summed E-state index contributed by atoms with van der Waals surface area (Å²) in [6, 6.07) is 0. The molecule has 0 aromatic carbocycles. The lowest BCUT2D eigenvalue weighted by molar-refractivity contribution is -0.377. The normalized spacial score (nSPS) is 54.8. The van der Waals surface area contributed by atoms with E-state index < -0.39 is 262 Å². The molecular weight excluding hydrogens is 1240 g/mol. The van der Waals surface area contributed by atoms with Crippen LogP contribution < -0.4 is 0 Å². The highest BCUT2D eigenvalue weighted by Crippen LogP contribution is 2.76. The summed E-state index contributed by atoms with van der Waals surface area (Å²) in [5.74, 6) is -4.65. The van der Waals surface area contributed by atoms with E-state index in [2.05, 4.69) is 40.7 Å². The van der Waals surface area contributed by atoms with Gasteiger partial charge in [-0.1, -0.05) is 53.2 Å². The number of esters is 3. The van der Waals surface area contributed by atoms with E-state index in [4.69, 9.17) is 56.8 Å². The second-order valence-electron chi connectivity index (χ2n) is 30.6. The Balaban J connectivity index is 0.961. The summed E-state index contributed by atoms with van der Waals surface area (Å²) in [6.45, 7) is 11.5. The third-order valence-electron chi connectivity index (χ3n) is 24.0. The maximum absolute atomic E-state index is 15.7. The number of rotatable bonds is 4. The molecule has 30 nitrogen and oxygen atoms in total. The predicted molar refractivity (Wildman–Crippen MR) is 308 cm³/mol. The van der Waals surface area contributed by atoms with Gasteiger partial charge in [0, 0.05) is 5.41 Å². The molecule has 12 heterocycles. The van der Waals surface area contributed by atoms with Crippen molar-refractivity contribution in [2.75, 3.05) is 33.0 Å². The Morgan fingerprint density at radius 2 is 1.22 bits per heavy atom. The Morgan fingerprint density at radius 1 is 0.570 bits per heavy atom. The molecule has 530 valence electrons. The van der Waals surface area contributed by atoms with Crippen molar-refractivity contribution in [2.24, 2.45) is 50.2 Å². The molecular formula is C63H98O30. The number of carbonyl (C=O) groups is 3. The fourth-order valence-electron chi connectivity index (χ4n) is 18.6. The van der Waals surface area contributed by atoms with E-state index in [9.17, 15) is 86.2 Å². The topological polar surface area (TPSA) is 465 Å².